The lowest BCUT2D eigenvalue weighted by molar-refractivity contribution is -0.384. The molecular weight excluding hydrogens is 208 g/mol. The van der Waals surface area contributed by atoms with E-state index in [1.807, 2.05) is 0 Å². The molecule has 0 N–H and O–H groups in total. The smallest absolute Gasteiger partial charge is 0.258 e. The van der Waals surface area contributed by atoms with E-state index in [2.05, 4.69) is 4.99 Å². The van der Waals surface area contributed by atoms with Crippen molar-refractivity contribution in [2.24, 2.45) is 4.99 Å². The number of hydrogen-bond acceptors (Lipinski definition) is 4. The minimum absolute atomic E-state index is 0.0934. The van der Waals surface area contributed by atoms with Crippen LogP contribution in [0.25, 0.3) is 0 Å². The predicted molar refractivity (Wildman–Crippen MR) is 50.6 cm³/mol. The fraction of sp³-hybridized carbons (Fsp3) is 0.125. The Morgan fingerprint density at radius 1 is 1.57 bits per heavy atom. The van der Waals surface area contributed by atoms with Crippen molar-refractivity contribution in [3.8, 4) is 0 Å². The Balaban J connectivity index is 3.48. The van der Waals surface area contributed by atoms with Gasteiger partial charge in [-0.1, -0.05) is 17.7 Å². The summed E-state index contributed by atoms with van der Waals surface area (Å²) in [4.78, 5) is 23.2. The van der Waals surface area contributed by atoms with Crippen LogP contribution in [0.5, 0.6) is 0 Å². The van der Waals surface area contributed by atoms with Gasteiger partial charge in [0.25, 0.3) is 5.69 Å². The molecule has 1 aromatic rings. The maximum atomic E-state index is 10.5. The molecule has 0 atom stereocenters. The minimum Gasteiger partial charge on any atom is -0.258 e. The van der Waals surface area contributed by atoms with E-state index in [0.717, 1.165) is 0 Å². The molecular formula is C8H5ClN2O3. The summed E-state index contributed by atoms with van der Waals surface area (Å²) >= 11 is 5.67. The molecule has 0 unspecified atom stereocenters. The molecule has 0 bridgehead atoms. The minimum atomic E-state index is -0.633. The zero-order chi connectivity index (χ0) is 10.7. The number of aryl methyl sites for hydroxylation is 1. The normalized spacial score (nSPS) is 9.29. The molecule has 0 heterocycles. The molecule has 14 heavy (non-hydrogen) atoms. The van der Waals surface area contributed by atoms with Crippen molar-refractivity contribution in [3.05, 3.63) is 32.8 Å². The Kier molecular flexibility index (Phi) is 2.96. The van der Waals surface area contributed by atoms with Gasteiger partial charge in [-0.05, 0) is 12.5 Å². The molecule has 72 valence electrons. The second-order valence-corrected chi connectivity index (χ2v) is 2.90. The van der Waals surface area contributed by atoms with Crippen LogP contribution in [0.4, 0.5) is 11.4 Å². The standard InChI is InChI=1S/C8H5ClN2O3/c1-5-2-3-6(11(13)14)7(9)8(5)10-4-12/h2-3H,1H3. The molecule has 0 aliphatic rings. The van der Waals surface area contributed by atoms with Gasteiger partial charge in [-0.25, -0.2) is 4.79 Å². The lowest BCUT2D eigenvalue weighted by atomic mass is 10.2. The molecule has 0 amide bonds. The maximum absolute atomic E-state index is 10.5. The van der Waals surface area contributed by atoms with Gasteiger partial charge in [0.15, 0.2) is 0 Å². The van der Waals surface area contributed by atoms with Crippen LogP contribution < -0.4 is 0 Å². The Bertz CT molecular complexity index is 438. The summed E-state index contributed by atoms with van der Waals surface area (Å²) in [5, 5.41) is 10.3. The van der Waals surface area contributed by atoms with Crippen LogP contribution in [0.15, 0.2) is 17.1 Å². The van der Waals surface area contributed by atoms with Crippen molar-refractivity contribution >= 4 is 29.1 Å². The van der Waals surface area contributed by atoms with Crippen molar-refractivity contribution < 1.29 is 9.72 Å². The third kappa shape index (κ3) is 1.79. The van der Waals surface area contributed by atoms with Crippen molar-refractivity contribution in [3.63, 3.8) is 0 Å². The lowest BCUT2D eigenvalue weighted by Crippen LogP contribution is -1.90. The zero-order valence-electron chi connectivity index (χ0n) is 7.15. The molecule has 0 aliphatic heterocycles. The number of rotatable bonds is 2. The van der Waals surface area contributed by atoms with Gasteiger partial charge in [0.2, 0.25) is 6.08 Å². The highest BCUT2D eigenvalue weighted by molar-refractivity contribution is 6.35. The van der Waals surface area contributed by atoms with Crippen molar-refractivity contribution in [2.45, 2.75) is 6.92 Å². The number of benzene rings is 1. The van der Waals surface area contributed by atoms with Crippen LogP contribution in [-0.2, 0) is 4.79 Å². The molecule has 0 fully saturated rings. The van der Waals surface area contributed by atoms with Gasteiger partial charge in [0.05, 0.1) is 4.92 Å². The molecule has 0 aromatic heterocycles. The van der Waals surface area contributed by atoms with E-state index < -0.39 is 4.92 Å². The van der Waals surface area contributed by atoms with Crippen LogP contribution in [0.2, 0.25) is 5.02 Å². The van der Waals surface area contributed by atoms with Crippen LogP contribution in [0, 0.1) is 17.0 Å². The lowest BCUT2D eigenvalue weighted by Gasteiger charge is -2.00. The number of nitro groups is 1. The van der Waals surface area contributed by atoms with Gasteiger partial charge in [0, 0.05) is 6.07 Å². The fourth-order valence-electron chi connectivity index (χ4n) is 0.974. The number of hydrogen-bond donors (Lipinski definition) is 0. The second-order valence-electron chi connectivity index (χ2n) is 2.52. The first-order valence-corrected chi connectivity index (χ1v) is 3.97. The first-order chi connectivity index (χ1) is 6.57. The van der Waals surface area contributed by atoms with Crippen LogP contribution in [0.3, 0.4) is 0 Å². The van der Waals surface area contributed by atoms with E-state index in [1.54, 1.807) is 6.92 Å². The zero-order valence-corrected chi connectivity index (χ0v) is 7.91. The Hall–Kier alpha value is -1.71. The van der Waals surface area contributed by atoms with Gasteiger partial charge < -0.3 is 0 Å². The Morgan fingerprint density at radius 2 is 2.21 bits per heavy atom. The average molecular weight is 213 g/mol. The van der Waals surface area contributed by atoms with Gasteiger partial charge in [-0.15, -0.1) is 0 Å². The van der Waals surface area contributed by atoms with Gasteiger partial charge >= 0.3 is 0 Å². The van der Waals surface area contributed by atoms with E-state index in [1.165, 1.54) is 18.2 Å². The number of aliphatic imine (C=N–C) groups is 1. The highest BCUT2D eigenvalue weighted by Gasteiger charge is 2.17. The first kappa shape index (κ1) is 10.4. The second kappa shape index (κ2) is 4.00. The van der Waals surface area contributed by atoms with E-state index >= 15 is 0 Å². The molecule has 5 nitrogen and oxygen atoms in total. The fourth-order valence-corrected chi connectivity index (χ4v) is 1.30. The average Bonchev–Trinajstić information content (AvgIpc) is 2.11. The van der Waals surface area contributed by atoms with Crippen molar-refractivity contribution in [1.82, 2.24) is 0 Å². The topological polar surface area (TPSA) is 72.6 Å². The van der Waals surface area contributed by atoms with Crippen LogP contribution in [0.1, 0.15) is 5.56 Å². The summed E-state index contributed by atoms with van der Waals surface area (Å²) in [6.45, 7) is 1.64. The summed E-state index contributed by atoms with van der Waals surface area (Å²) in [5.41, 5.74) is 0.408. The summed E-state index contributed by atoms with van der Waals surface area (Å²) in [6, 6.07) is 2.74. The molecule has 1 aromatic carbocycles. The molecule has 6 heteroatoms. The van der Waals surface area contributed by atoms with Crippen molar-refractivity contribution in [2.75, 3.05) is 0 Å². The van der Waals surface area contributed by atoms with Crippen LogP contribution in [-0.4, -0.2) is 11.0 Å². The van der Waals surface area contributed by atoms with Gasteiger partial charge in [0.1, 0.15) is 10.7 Å². The maximum Gasteiger partial charge on any atom is 0.290 e. The molecule has 0 saturated heterocycles. The summed E-state index contributed by atoms with van der Waals surface area (Å²) < 4.78 is 0. The quantitative estimate of drug-likeness (QED) is 0.327. The van der Waals surface area contributed by atoms with Crippen LogP contribution >= 0.6 is 11.6 Å². The van der Waals surface area contributed by atoms with E-state index in [0.29, 0.717) is 5.56 Å². The third-order valence-electron chi connectivity index (χ3n) is 1.65. The number of nitrogens with zero attached hydrogens (tertiary/aromatic N) is 2. The summed E-state index contributed by atoms with van der Waals surface area (Å²) in [6.07, 6.45) is 1.30. The van der Waals surface area contributed by atoms with Crippen molar-refractivity contribution in [1.29, 1.82) is 0 Å². The number of halogens is 1. The SMILES string of the molecule is Cc1ccc([N+](=O)[O-])c(Cl)c1N=C=O. The first-order valence-electron chi connectivity index (χ1n) is 3.59. The molecule has 0 aliphatic carbocycles. The van der Waals surface area contributed by atoms with E-state index in [-0.39, 0.29) is 16.4 Å². The number of nitro benzene ring substituents is 1. The third-order valence-corrected chi connectivity index (χ3v) is 2.02. The van der Waals surface area contributed by atoms with Gasteiger partial charge in [-0.2, -0.15) is 4.99 Å². The largest absolute Gasteiger partial charge is 0.290 e. The monoisotopic (exact) mass is 212 g/mol. The molecule has 0 radical (unpaired) electrons. The number of carbonyl (C=O) groups excluding carboxylic acids is 1. The predicted octanol–water partition coefficient (Wildman–Crippen LogP) is 2.52. The molecule has 0 spiro atoms. The van der Waals surface area contributed by atoms with E-state index in [4.69, 9.17) is 11.6 Å². The summed E-state index contributed by atoms with van der Waals surface area (Å²) in [7, 11) is 0. The van der Waals surface area contributed by atoms with Gasteiger partial charge in [-0.3, -0.25) is 10.1 Å². The van der Waals surface area contributed by atoms with E-state index in [9.17, 15) is 14.9 Å². The Morgan fingerprint density at radius 3 is 2.71 bits per heavy atom. The molecule has 1 rings (SSSR count). The highest BCUT2D eigenvalue weighted by atomic mass is 35.5. The molecule has 0 saturated carbocycles. The summed E-state index contributed by atoms with van der Waals surface area (Å²) in [5.74, 6) is 0. The Labute approximate surface area is 84.2 Å². The highest BCUT2D eigenvalue weighted by Crippen LogP contribution is 2.36. The number of isocyanates is 1.